The van der Waals surface area contributed by atoms with Crippen LogP contribution < -0.4 is 5.73 Å². The number of nitrogens with two attached hydrogens (primary N) is 1. The summed E-state index contributed by atoms with van der Waals surface area (Å²) in [4.78, 5) is -0.907. The molecule has 1 aromatic rings. The molecule has 1 rings (SSSR count). The third-order valence-electron chi connectivity index (χ3n) is 2.08. The molecule has 0 aliphatic carbocycles. The van der Waals surface area contributed by atoms with E-state index in [0.717, 1.165) is 18.2 Å². The number of alkyl halides is 3. The maximum atomic E-state index is 12.3. The smallest absolute Gasteiger partial charge is 0.387 e. The van der Waals surface area contributed by atoms with Crippen LogP contribution in [0.3, 0.4) is 0 Å². The molecule has 0 spiro atoms. The van der Waals surface area contributed by atoms with E-state index in [4.69, 9.17) is 5.73 Å². The molecule has 1 atom stereocenters. The Bertz CT molecular complexity index is 498. The van der Waals surface area contributed by atoms with Gasteiger partial charge in [0.05, 0.1) is 11.0 Å². The van der Waals surface area contributed by atoms with Gasteiger partial charge in [-0.05, 0) is 17.7 Å². The van der Waals surface area contributed by atoms with Gasteiger partial charge in [0.1, 0.15) is 0 Å². The second-order valence-corrected chi connectivity index (χ2v) is 5.21. The summed E-state index contributed by atoms with van der Waals surface area (Å²) < 4.78 is 58.9. The lowest BCUT2D eigenvalue weighted by Crippen LogP contribution is -2.23. The minimum atomic E-state index is -5.39. The lowest BCUT2D eigenvalue weighted by atomic mass is 10.1. The van der Waals surface area contributed by atoms with E-state index < -0.39 is 26.3 Å². The molecule has 0 unspecified atom stereocenters. The summed E-state index contributed by atoms with van der Waals surface area (Å²) in [5.41, 5.74) is -0.209. The average molecular weight is 269 g/mol. The molecule has 0 bridgehead atoms. The third-order valence-corrected chi connectivity index (χ3v) is 3.57. The van der Waals surface area contributed by atoms with Crippen LogP contribution in [-0.4, -0.2) is 25.6 Å². The first-order valence-corrected chi connectivity index (χ1v) is 5.98. The van der Waals surface area contributed by atoms with Crippen LogP contribution in [0, 0.1) is 0 Å². The molecule has 8 heteroatoms. The highest BCUT2D eigenvalue weighted by Gasteiger charge is 2.46. The largest absolute Gasteiger partial charge is 0.501 e. The standard InChI is InChI=1S/C9H10F3NO3S/c10-9(11,12)17(15,16)7-3-1-2-6(4-7)8(14)5-13/h1-4,8,14H,5,13H2/t8-/m0/s1. The Morgan fingerprint density at radius 2 is 1.94 bits per heavy atom. The second-order valence-electron chi connectivity index (χ2n) is 3.27. The molecule has 0 fully saturated rings. The molecule has 0 radical (unpaired) electrons. The van der Waals surface area contributed by atoms with E-state index in [1.165, 1.54) is 6.07 Å². The summed E-state index contributed by atoms with van der Waals surface area (Å²) in [6, 6.07) is 4.00. The number of aliphatic hydroxyl groups is 1. The molecule has 0 saturated carbocycles. The highest BCUT2D eigenvalue weighted by molar-refractivity contribution is 7.92. The zero-order chi connectivity index (χ0) is 13.3. The van der Waals surface area contributed by atoms with E-state index in [1.807, 2.05) is 0 Å². The van der Waals surface area contributed by atoms with Gasteiger partial charge >= 0.3 is 5.51 Å². The molecule has 0 aliphatic rings. The SMILES string of the molecule is NC[C@H](O)c1cccc(S(=O)(=O)C(F)(F)F)c1. The molecule has 0 amide bonds. The number of hydrogen-bond acceptors (Lipinski definition) is 4. The highest BCUT2D eigenvalue weighted by atomic mass is 32.2. The summed E-state index contributed by atoms with van der Waals surface area (Å²) >= 11 is 0. The first-order chi connectivity index (χ1) is 7.70. The molecule has 3 N–H and O–H groups in total. The summed E-state index contributed by atoms with van der Waals surface area (Å²) in [5, 5.41) is 9.32. The average Bonchev–Trinajstić information content (AvgIpc) is 2.26. The van der Waals surface area contributed by atoms with E-state index in [1.54, 1.807) is 0 Å². The van der Waals surface area contributed by atoms with Crippen LogP contribution >= 0.6 is 0 Å². The number of rotatable bonds is 3. The van der Waals surface area contributed by atoms with Crippen molar-refractivity contribution in [2.75, 3.05) is 6.54 Å². The lowest BCUT2D eigenvalue weighted by Gasteiger charge is -2.11. The van der Waals surface area contributed by atoms with Crippen molar-refractivity contribution in [1.29, 1.82) is 0 Å². The van der Waals surface area contributed by atoms with Crippen molar-refractivity contribution >= 4 is 9.84 Å². The van der Waals surface area contributed by atoms with E-state index in [9.17, 15) is 26.7 Å². The van der Waals surface area contributed by atoms with Crippen LogP contribution in [0.5, 0.6) is 0 Å². The number of hydrogen-bond donors (Lipinski definition) is 2. The fourth-order valence-corrected chi connectivity index (χ4v) is 1.97. The molecule has 0 saturated heterocycles. The van der Waals surface area contributed by atoms with Crippen LogP contribution in [0.2, 0.25) is 0 Å². The monoisotopic (exact) mass is 269 g/mol. The Labute approximate surface area is 95.8 Å². The van der Waals surface area contributed by atoms with Gasteiger partial charge in [-0.3, -0.25) is 0 Å². The number of sulfone groups is 1. The van der Waals surface area contributed by atoms with Crippen molar-refractivity contribution in [3.63, 3.8) is 0 Å². The quantitative estimate of drug-likeness (QED) is 0.857. The zero-order valence-corrected chi connectivity index (χ0v) is 9.29. The van der Waals surface area contributed by atoms with Crippen molar-refractivity contribution < 1.29 is 26.7 Å². The van der Waals surface area contributed by atoms with Gasteiger partial charge in [0.2, 0.25) is 0 Å². The minimum absolute atomic E-state index is 0.0258. The maximum absolute atomic E-state index is 12.3. The first-order valence-electron chi connectivity index (χ1n) is 4.49. The van der Waals surface area contributed by atoms with E-state index in [-0.39, 0.29) is 12.1 Å². The topological polar surface area (TPSA) is 80.4 Å². The van der Waals surface area contributed by atoms with Gasteiger partial charge in [-0.25, -0.2) is 8.42 Å². The first kappa shape index (κ1) is 13.9. The molecule has 0 aliphatic heterocycles. The molecule has 96 valence electrons. The van der Waals surface area contributed by atoms with Crippen molar-refractivity contribution in [2.45, 2.75) is 16.5 Å². The Balaban J connectivity index is 3.26. The van der Waals surface area contributed by atoms with Gasteiger partial charge in [0.25, 0.3) is 9.84 Å². The molecule has 17 heavy (non-hydrogen) atoms. The van der Waals surface area contributed by atoms with Gasteiger partial charge in [-0.2, -0.15) is 13.2 Å². The fourth-order valence-electron chi connectivity index (χ4n) is 1.16. The van der Waals surface area contributed by atoms with Crippen molar-refractivity contribution in [2.24, 2.45) is 5.73 Å². The summed E-state index contributed by atoms with van der Waals surface area (Å²) in [6.45, 7) is -0.213. The predicted octanol–water partition coefficient (Wildman–Crippen LogP) is 0.972. The molecular formula is C9H10F3NO3S. The molecule has 1 aromatic carbocycles. The van der Waals surface area contributed by atoms with Crippen molar-refractivity contribution in [3.05, 3.63) is 29.8 Å². The van der Waals surface area contributed by atoms with Gasteiger partial charge in [-0.1, -0.05) is 12.1 Å². The van der Waals surface area contributed by atoms with Gasteiger partial charge in [0, 0.05) is 6.54 Å². The Morgan fingerprint density at radius 1 is 1.35 bits per heavy atom. The van der Waals surface area contributed by atoms with Gasteiger partial charge in [0.15, 0.2) is 0 Å². The molecule has 0 heterocycles. The molecule has 0 aromatic heterocycles. The fraction of sp³-hybridized carbons (Fsp3) is 0.333. The maximum Gasteiger partial charge on any atom is 0.501 e. The zero-order valence-electron chi connectivity index (χ0n) is 8.48. The number of aliphatic hydroxyl groups excluding tert-OH is 1. The van der Waals surface area contributed by atoms with Gasteiger partial charge < -0.3 is 10.8 Å². The number of benzene rings is 1. The highest BCUT2D eigenvalue weighted by Crippen LogP contribution is 2.31. The van der Waals surface area contributed by atoms with Crippen LogP contribution in [0.25, 0.3) is 0 Å². The normalized spacial score (nSPS) is 14.6. The Morgan fingerprint density at radius 3 is 2.41 bits per heavy atom. The summed E-state index contributed by atoms with van der Waals surface area (Å²) in [7, 11) is -5.39. The molecular weight excluding hydrogens is 259 g/mol. The van der Waals surface area contributed by atoms with E-state index in [0.29, 0.717) is 0 Å². The minimum Gasteiger partial charge on any atom is -0.387 e. The lowest BCUT2D eigenvalue weighted by molar-refractivity contribution is -0.0436. The predicted molar refractivity (Wildman–Crippen MR) is 53.7 cm³/mol. The Hall–Kier alpha value is -1.12. The van der Waals surface area contributed by atoms with Crippen LogP contribution in [0.4, 0.5) is 13.2 Å². The van der Waals surface area contributed by atoms with E-state index >= 15 is 0 Å². The Kier molecular flexibility index (Phi) is 3.80. The van der Waals surface area contributed by atoms with Crippen LogP contribution in [0.1, 0.15) is 11.7 Å². The van der Waals surface area contributed by atoms with E-state index in [2.05, 4.69) is 0 Å². The summed E-state index contributed by atoms with van der Waals surface area (Å²) in [6.07, 6.45) is -1.20. The second kappa shape index (κ2) is 4.63. The van der Waals surface area contributed by atoms with Crippen LogP contribution in [0.15, 0.2) is 29.2 Å². The summed E-state index contributed by atoms with van der Waals surface area (Å²) in [5.74, 6) is 0. The van der Waals surface area contributed by atoms with Crippen molar-refractivity contribution in [3.8, 4) is 0 Å². The third kappa shape index (κ3) is 2.76. The van der Waals surface area contributed by atoms with Gasteiger partial charge in [-0.15, -0.1) is 0 Å². The number of halogens is 3. The van der Waals surface area contributed by atoms with Crippen LogP contribution in [-0.2, 0) is 9.84 Å². The van der Waals surface area contributed by atoms with Crippen molar-refractivity contribution in [1.82, 2.24) is 0 Å². The molecule has 4 nitrogen and oxygen atoms in total.